The van der Waals surface area contributed by atoms with Gasteiger partial charge in [-0.25, -0.2) is 0 Å². The van der Waals surface area contributed by atoms with Crippen LogP contribution in [0.5, 0.6) is 0 Å². The number of H-pyrrole nitrogens is 1. The van der Waals surface area contributed by atoms with E-state index < -0.39 is 4.92 Å². The number of non-ortho nitro benzene ring substituents is 1. The Morgan fingerprint density at radius 2 is 1.96 bits per heavy atom. The fourth-order valence-corrected chi connectivity index (χ4v) is 4.22. The topological polar surface area (TPSA) is 80.9 Å². The average Bonchev–Trinajstić information content (AvgIpc) is 2.98. The second kappa shape index (κ2) is 6.15. The Labute approximate surface area is 156 Å². The lowest BCUT2D eigenvalue weighted by molar-refractivity contribution is -0.384. The zero-order chi connectivity index (χ0) is 18.4. The van der Waals surface area contributed by atoms with E-state index >= 15 is 0 Å². The van der Waals surface area contributed by atoms with E-state index in [1.165, 1.54) is 28.0 Å². The first-order chi connectivity index (χ1) is 12.4. The molecular formula is C18H13N3O3S2. The van der Waals surface area contributed by atoms with Crippen molar-refractivity contribution in [3.05, 3.63) is 78.8 Å². The summed E-state index contributed by atoms with van der Waals surface area (Å²) in [4.78, 5) is 26.6. The summed E-state index contributed by atoms with van der Waals surface area (Å²) < 4.78 is 3.14. The summed E-state index contributed by atoms with van der Waals surface area (Å²) in [7, 11) is 0. The Kier molecular flexibility index (Phi) is 3.93. The molecule has 0 aliphatic heterocycles. The molecule has 0 saturated carbocycles. The van der Waals surface area contributed by atoms with Crippen LogP contribution < -0.4 is 5.56 Å². The van der Waals surface area contributed by atoms with Gasteiger partial charge in [0.25, 0.3) is 11.2 Å². The Morgan fingerprint density at radius 1 is 1.23 bits per heavy atom. The number of fused-ring (bicyclic) bond motifs is 3. The van der Waals surface area contributed by atoms with E-state index in [2.05, 4.69) is 4.98 Å². The molecule has 0 radical (unpaired) electrons. The van der Waals surface area contributed by atoms with Gasteiger partial charge < -0.3 is 4.98 Å². The van der Waals surface area contributed by atoms with Gasteiger partial charge in [-0.15, -0.1) is 11.3 Å². The van der Waals surface area contributed by atoms with Crippen molar-refractivity contribution in [3.63, 3.8) is 0 Å². The van der Waals surface area contributed by atoms with Gasteiger partial charge in [0.1, 0.15) is 4.70 Å². The fourth-order valence-electron chi connectivity index (χ4n) is 2.88. The predicted molar refractivity (Wildman–Crippen MR) is 106 cm³/mol. The number of rotatable bonds is 3. The van der Waals surface area contributed by atoms with E-state index in [1.807, 2.05) is 31.2 Å². The molecule has 4 rings (SSSR count). The molecule has 26 heavy (non-hydrogen) atoms. The number of aryl methyl sites for hydroxylation is 1. The molecule has 4 aromatic rings. The molecule has 0 saturated heterocycles. The zero-order valence-corrected chi connectivity index (χ0v) is 15.3. The molecule has 2 aromatic heterocycles. The van der Waals surface area contributed by atoms with Crippen molar-refractivity contribution in [2.24, 2.45) is 0 Å². The molecule has 2 aromatic carbocycles. The monoisotopic (exact) mass is 383 g/mol. The van der Waals surface area contributed by atoms with Crippen LogP contribution in [0.15, 0.2) is 47.3 Å². The molecule has 6 nitrogen and oxygen atoms in total. The van der Waals surface area contributed by atoms with Gasteiger partial charge in [-0.2, -0.15) is 0 Å². The third-order valence-electron chi connectivity index (χ3n) is 4.26. The fraction of sp³-hybridized carbons (Fsp3) is 0.111. The lowest BCUT2D eigenvalue weighted by Gasteiger charge is -2.07. The molecule has 8 heteroatoms. The number of nitro benzene ring substituents is 1. The van der Waals surface area contributed by atoms with Crippen LogP contribution >= 0.6 is 23.6 Å². The number of thiophene rings is 1. The van der Waals surface area contributed by atoms with Gasteiger partial charge in [-0.1, -0.05) is 29.8 Å². The molecule has 130 valence electrons. The minimum absolute atomic E-state index is 0.0136. The predicted octanol–water partition coefficient (Wildman–Crippen LogP) is 4.54. The standard InChI is InChI=1S/C18H13N3O3S2/c1-10-2-4-11(5-3-10)9-20-17(22)16-15(19-18(20)25)13-8-12(21(23)24)6-7-14(13)26-16/h2-8H,9H2,1H3,(H,19,25). The van der Waals surface area contributed by atoms with Gasteiger partial charge in [0.2, 0.25) is 0 Å². The first kappa shape index (κ1) is 16.6. The number of benzene rings is 2. The van der Waals surface area contributed by atoms with Gasteiger partial charge in [-0.3, -0.25) is 19.5 Å². The summed E-state index contributed by atoms with van der Waals surface area (Å²) >= 11 is 6.69. The number of nitrogens with one attached hydrogen (secondary N) is 1. The SMILES string of the molecule is Cc1ccc(Cn2c(=S)[nH]c3c(sc4ccc([N+](=O)[O-])cc43)c2=O)cc1. The van der Waals surface area contributed by atoms with Crippen molar-refractivity contribution in [3.8, 4) is 0 Å². The summed E-state index contributed by atoms with van der Waals surface area (Å²) in [6, 6.07) is 12.5. The van der Waals surface area contributed by atoms with Gasteiger partial charge in [0, 0.05) is 22.2 Å². The maximum atomic E-state index is 13.0. The highest BCUT2D eigenvalue weighted by Gasteiger charge is 2.15. The minimum atomic E-state index is -0.448. The van der Waals surface area contributed by atoms with Crippen molar-refractivity contribution in [2.75, 3.05) is 0 Å². The molecule has 0 aliphatic carbocycles. The summed E-state index contributed by atoms with van der Waals surface area (Å²) in [5.41, 5.74) is 2.48. The molecule has 0 amide bonds. The number of hydrogen-bond acceptors (Lipinski definition) is 5. The summed E-state index contributed by atoms with van der Waals surface area (Å²) in [6.45, 7) is 2.38. The third kappa shape index (κ3) is 2.73. The van der Waals surface area contributed by atoms with Crippen LogP contribution in [0, 0.1) is 21.8 Å². The van der Waals surface area contributed by atoms with Crippen molar-refractivity contribution < 1.29 is 4.92 Å². The van der Waals surface area contributed by atoms with E-state index in [0.29, 0.717) is 26.9 Å². The molecule has 0 spiro atoms. The molecular weight excluding hydrogens is 370 g/mol. The number of nitrogens with zero attached hydrogens (tertiary/aromatic N) is 2. The first-order valence-corrected chi connectivity index (χ1v) is 9.06. The second-order valence-electron chi connectivity index (χ2n) is 6.05. The second-order valence-corrected chi connectivity index (χ2v) is 7.49. The van der Waals surface area contributed by atoms with Gasteiger partial charge in [0.15, 0.2) is 4.77 Å². The van der Waals surface area contributed by atoms with Crippen LogP contribution in [-0.2, 0) is 6.54 Å². The molecule has 0 aliphatic rings. The smallest absolute Gasteiger partial charge is 0.272 e. The van der Waals surface area contributed by atoms with Crippen LogP contribution in [0.1, 0.15) is 11.1 Å². The Bertz CT molecular complexity index is 1280. The Morgan fingerprint density at radius 3 is 2.65 bits per heavy atom. The molecule has 0 bridgehead atoms. The molecule has 0 atom stereocenters. The van der Waals surface area contributed by atoms with Crippen LogP contribution in [0.2, 0.25) is 0 Å². The lowest BCUT2D eigenvalue weighted by atomic mass is 10.1. The number of nitro groups is 1. The highest BCUT2D eigenvalue weighted by atomic mass is 32.1. The molecule has 2 heterocycles. The largest absolute Gasteiger partial charge is 0.330 e. The zero-order valence-electron chi connectivity index (χ0n) is 13.7. The van der Waals surface area contributed by atoms with E-state index in [4.69, 9.17) is 12.2 Å². The number of aromatic nitrogens is 2. The van der Waals surface area contributed by atoms with Gasteiger partial charge in [0.05, 0.1) is 17.0 Å². The maximum Gasteiger partial charge on any atom is 0.272 e. The van der Waals surface area contributed by atoms with Gasteiger partial charge in [-0.05, 0) is 30.8 Å². The minimum Gasteiger partial charge on any atom is -0.330 e. The highest BCUT2D eigenvalue weighted by molar-refractivity contribution is 7.71. The highest BCUT2D eigenvalue weighted by Crippen LogP contribution is 2.33. The van der Waals surface area contributed by atoms with E-state index in [1.54, 1.807) is 6.07 Å². The molecule has 0 unspecified atom stereocenters. The van der Waals surface area contributed by atoms with Crippen LogP contribution in [0.3, 0.4) is 0 Å². The maximum absolute atomic E-state index is 13.0. The van der Waals surface area contributed by atoms with Crippen LogP contribution in [0.25, 0.3) is 20.3 Å². The van der Waals surface area contributed by atoms with Crippen LogP contribution in [-0.4, -0.2) is 14.5 Å². The summed E-state index contributed by atoms with van der Waals surface area (Å²) in [5, 5.41) is 11.7. The quantitative estimate of drug-likeness (QED) is 0.320. The van der Waals surface area contributed by atoms with Crippen molar-refractivity contribution >= 4 is 49.5 Å². The first-order valence-electron chi connectivity index (χ1n) is 7.83. The number of hydrogen-bond donors (Lipinski definition) is 1. The van der Waals surface area contributed by atoms with E-state index in [-0.39, 0.29) is 11.2 Å². The van der Waals surface area contributed by atoms with E-state index in [0.717, 1.165) is 15.8 Å². The number of aromatic amines is 1. The third-order valence-corrected chi connectivity index (χ3v) is 5.74. The van der Waals surface area contributed by atoms with Crippen molar-refractivity contribution in [1.29, 1.82) is 0 Å². The normalized spacial score (nSPS) is 11.3. The summed E-state index contributed by atoms with van der Waals surface area (Å²) in [5.74, 6) is 0. The average molecular weight is 383 g/mol. The summed E-state index contributed by atoms with van der Waals surface area (Å²) in [6.07, 6.45) is 0. The lowest BCUT2D eigenvalue weighted by Crippen LogP contribution is -2.21. The Balaban J connectivity index is 1.92. The van der Waals surface area contributed by atoms with Crippen molar-refractivity contribution in [1.82, 2.24) is 9.55 Å². The van der Waals surface area contributed by atoms with E-state index in [9.17, 15) is 14.9 Å². The molecule has 1 N–H and O–H groups in total. The molecule has 0 fully saturated rings. The van der Waals surface area contributed by atoms with Crippen molar-refractivity contribution in [2.45, 2.75) is 13.5 Å². The van der Waals surface area contributed by atoms with Crippen LogP contribution in [0.4, 0.5) is 5.69 Å². The van der Waals surface area contributed by atoms with Gasteiger partial charge >= 0.3 is 0 Å². The Hall–Kier alpha value is -2.84.